The number of amides is 1. The maximum absolute atomic E-state index is 13.3. The topological polar surface area (TPSA) is 29.5 Å². The van der Waals surface area contributed by atoms with E-state index in [1.165, 1.54) is 5.56 Å². The molecule has 1 amide bonds. The average molecular weight is 480 g/mol. The largest absolute Gasteiger partial charge is 0.494 e. The summed E-state index contributed by atoms with van der Waals surface area (Å²) in [5.74, 6) is 2.34. The van der Waals surface area contributed by atoms with Crippen molar-refractivity contribution in [1.29, 1.82) is 0 Å². The molecular formula is C28H30ClNO2S. The standard InChI is InChI=1S/C28H30ClNO2S/c1-2-32-27-13-8-23(19-24(27)20-33-26-11-9-25(29)10-12-26)28(31)30-16-14-22(15-17-30)18-21-6-4-3-5-7-21/h3-13,19,22H,2,14-18,20H2,1H3. The van der Waals surface area contributed by atoms with Crippen LogP contribution in [-0.4, -0.2) is 30.5 Å². The molecule has 1 fully saturated rings. The highest BCUT2D eigenvalue weighted by atomic mass is 35.5. The minimum atomic E-state index is 0.119. The zero-order chi connectivity index (χ0) is 23.0. The van der Waals surface area contributed by atoms with Crippen molar-refractivity contribution in [3.05, 3.63) is 94.5 Å². The molecule has 3 nitrogen and oxygen atoms in total. The maximum atomic E-state index is 13.3. The summed E-state index contributed by atoms with van der Waals surface area (Å²) in [7, 11) is 0. The molecule has 0 aromatic heterocycles. The van der Waals surface area contributed by atoms with E-state index in [0.29, 0.717) is 12.5 Å². The lowest BCUT2D eigenvalue weighted by molar-refractivity contribution is 0.0690. The number of hydrogen-bond donors (Lipinski definition) is 0. The van der Waals surface area contributed by atoms with Gasteiger partial charge in [-0.3, -0.25) is 4.79 Å². The number of halogens is 1. The molecule has 1 heterocycles. The SMILES string of the molecule is CCOc1ccc(C(=O)N2CCC(Cc3ccccc3)CC2)cc1CSc1ccc(Cl)cc1. The van der Waals surface area contributed by atoms with Crippen LogP contribution in [-0.2, 0) is 12.2 Å². The van der Waals surface area contributed by atoms with Crippen LogP contribution in [0.15, 0.2) is 77.7 Å². The predicted octanol–water partition coefficient (Wildman–Crippen LogP) is 7.13. The van der Waals surface area contributed by atoms with Crippen molar-refractivity contribution in [2.45, 2.75) is 36.8 Å². The number of nitrogens with zero attached hydrogens (tertiary/aromatic N) is 1. The molecule has 0 unspecified atom stereocenters. The quantitative estimate of drug-likeness (QED) is 0.322. The Morgan fingerprint density at radius 3 is 2.45 bits per heavy atom. The lowest BCUT2D eigenvalue weighted by Crippen LogP contribution is -2.39. The second-order valence-electron chi connectivity index (χ2n) is 8.42. The molecule has 172 valence electrons. The Bertz CT molecular complexity index is 1050. The normalized spacial score (nSPS) is 14.3. The first kappa shape index (κ1) is 23.7. The van der Waals surface area contributed by atoms with Crippen LogP contribution < -0.4 is 4.74 Å². The van der Waals surface area contributed by atoms with Gasteiger partial charge < -0.3 is 9.64 Å². The zero-order valence-corrected chi connectivity index (χ0v) is 20.6. The summed E-state index contributed by atoms with van der Waals surface area (Å²) < 4.78 is 5.84. The molecule has 3 aromatic carbocycles. The third-order valence-electron chi connectivity index (χ3n) is 6.08. The molecule has 1 saturated heterocycles. The Hall–Kier alpha value is -2.43. The van der Waals surface area contributed by atoms with Crippen LogP contribution >= 0.6 is 23.4 Å². The van der Waals surface area contributed by atoms with Gasteiger partial charge in [0.2, 0.25) is 0 Å². The molecule has 5 heteroatoms. The van der Waals surface area contributed by atoms with Crippen molar-refractivity contribution in [3.8, 4) is 5.75 Å². The van der Waals surface area contributed by atoms with Gasteiger partial charge in [0, 0.05) is 39.9 Å². The fourth-order valence-electron chi connectivity index (χ4n) is 4.28. The Morgan fingerprint density at radius 1 is 1.03 bits per heavy atom. The van der Waals surface area contributed by atoms with E-state index < -0.39 is 0 Å². The van der Waals surface area contributed by atoms with E-state index in [2.05, 4.69) is 30.3 Å². The summed E-state index contributed by atoms with van der Waals surface area (Å²) in [4.78, 5) is 16.4. The number of rotatable bonds is 8. The molecule has 1 aliphatic heterocycles. The van der Waals surface area contributed by atoms with Gasteiger partial charge >= 0.3 is 0 Å². The van der Waals surface area contributed by atoms with Crippen molar-refractivity contribution in [3.63, 3.8) is 0 Å². The Labute approximate surface area is 206 Å². The van der Waals surface area contributed by atoms with Gasteiger partial charge in [0.05, 0.1) is 6.61 Å². The summed E-state index contributed by atoms with van der Waals surface area (Å²) in [5.41, 5.74) is 3.17. The minimum Gasteiger partial charge on any atom is -0.494 e. The first-order chi connectivity index (χ1) is 16.1. The molecular weight excluding hydrogens is 450 g/mol. The molecule has 33 heavy (non-hydrogen) atoms. The van der Waals surface area contributed by atoms with Crippen LogP contribution in [0.25, 0.3) is 0 Å². The molecule has 0 bridgehead atoms. The number of carbonyl (C=O) groups excluding carboxylic acids is 1. The average Bonchev–Trinajstić information content (AvgIpc) is 2.85. The number of hydrogen-bond acceptors (Lipinski definition) is 3. The Balaban J connectivity index is 1.39. The van der Waals surface area contributed by atoms with Gasteiger partial charge in [-0.1, -0.05) is 41.9 Å². The monoisotopic (exact) mass is 479 g/mol. The molecule has 3 aromatic rings. The van der Waals surface area contributed by atoms with E-state index in [1.807, 2.05) is 54.3 Å². The molecule has 0 aliphatic carbocycles. The van der Waals surface area contributed by atoms with Crippen molar-refractivity contribution in [2.75, 3.05) is 19.7 Å². The summed E-state index contributed by atoms with van der Waals surface area (Å²) in [6.45, 7) is 4.21. The minimum absolute atomic E-state index is 0.119. The molecule has 0 N–H and O–H groups in total. The number of ether oxygens (including phenoxy) is 1. The summed E-state index contributed by atoms with van der Waals surface area (Å²) >= 11 is 7.72. The van der Waals surface area contributed by atoms with Crippen LogP contribution in [0.2, 0.25) is 5.02 Å². The highest BCUT2D eigenvalue weighted by Gasteiger charge is 2.24. The van der Waals surface area contributed by atoms with Crippen LogP contribution in [0.4, 0.5) is 0 Å². The lowest BCUT2D eigenvalue weighted by Gasteiger charge is -2.32. The van der Waals surface area contributed by atoms with Crippen molar-refractivity contribution < 1.29 is 9.53 Å². The molecule has 0 spiro atoms. The Kier molecular flexibility index (Phi) is 8.35. The fourth-order valence-corrected chi connectivity index (χ4v) is 5.29. The molecule has 0 saturated carbocycles. The van der Waals surface area contributed by atoms with Gasteiger partial charge in [-0.05, 0) is 80.1 Å². The first-order valence-corrected chi connectivity index (χ1v) is 13.0. The van der Waals surface area contributed by atoms with Gasteiger partial charge in [-0.2, -0.15) is 0 Å². The van der Waals surface area contributed by atoms with Crippen LogP contribution in [0.1, 0.15) is 41.3 Å². The fraction of sp³-hybridized carbons (Fsp3) is 0.321. The third-order valence-corrected chi connectivity index (χ3v) is 7.40. The molecule has 0 radical (unpaired) electrons. The van der Waals surface area contributed by atoms with E-state index >= 15 is 0 Å². The highest BCUT2D eigenvalue weighted by molar-refractivity contribution is 7.98. The van der Waals surface area contributed by atoms with E-state index in [9.17, 15) is 4.79 Å². The van der Waals surface area contributed by atoms with Crippen LogP contribution in [0.5, 0.6) is 5.75 Å². The van der Waals surface area contributed by atoms with E-state index in [-0.39, 0.29) is 5.91 Å². The summed E-state index contributed by atoms with van der Waals surface area (Å²) in [6, 6.07) is 24.3. The van der Waals surface area contributed by atoms with Gasteiger partial charge in [-0.25, -0.2) is 0 Å². The summed E-state index contributed by atoms with van der Waals surface area (Å²) in [6.07, 6.45) is 3.20. The number of thioether (sulfide) groups is 1. The van der Waals surface area contributed by atoms with Crippen molar-refractivity contribution in [2.24, 2.45) is 5.92 Å². The number of piperidine rings is 1. The van der Waals surface area contributed by atoms with Crippen LogP contribution in [0, 0.1) is 5.92 Å². The summed E-state index contributed by atoms with van der Waals surface area (Å²) in [5, 5.41) is 0.731. The third kappa shape index (κ3) is 6.55. The Morgan fingerprint density at radius 2 is 1.76 bits per heavy atom. The number of benzene rings is 3. The first-order valence-electron chi connectivity index (χ1n) is 11.6. The lowest BCUT2D eigenvalue weighted by atomic mass is 9.90. The zero-order valence-electron chi connectivity index (χ0n) is 19.0. The second kappa shape index (κ2) is 11.6. The van der Waals surface area contributed by atoms with Crippen molar-refractivity contribution in [1.82, 2.24) is 4.90 Å². The molecule has 4 rings (SSSR count). The number of carbonyl (C=O) groups is 1. The molecule has 1 aliphatic rings. The molecule has 0 atom stereocenters. The van der Waals surface area contributed by atoms with Gasteiger partial charge in [0.25, 0.3) is 5.91 Å². The maximum Gasteiger partial charge on any atom is 0.253 e. The van der Waals surface area contributed by atoms with E-state index in [4.69, 9.17) is 16.3 Å². The van der Waals surface area contributed by atoms with Gasteiger partial charge in [-0.15, -0.1) is 11.8 Å². The van der Waals surface area contributed by atoms with Crippen molar-refractivity contribution >= 4 is 29.3 Å². The number of likely N-dealkylation sites (tertiary alicyclic amines) is 1. The smallest absolute Gasteiger partial charge is 0.253 e. The van der Waals surface area contributed by atoms with E-state index in [0.717, 1.165) is 64.9 Å². The highest BCUT2D eigenvalue weighted by Crippen LogP contribution is 2.31. The van der Waals surface area contributed by atoms with E-state index in [1.54, 1.807) is 11.8 Å². The van der Waals surface area contributed by atoms with Crippen LogP contribution in [0.3, 0.4) is 0 Å². The van der Waals surface area contributed by atoms with Gasteiger partial charge in [0.1, 0.15) is 5.75 Å². The van der Waals surface area contributed by atoms with Gasteiger partial charge in [0.15, 0.2) is 0 Å². The predicted molar refractivity (Wildman–Crippen MR) is 137 cm³/mol. The second-order valence-corrected chi connectivity index (χ2v) is 9.91.